The van der Waals surface area contributed by atoms with Crippen molar-refractivity contribution in [1.29, 1.82) is 0 Å². The molecular weight excluding hydrogens is 276 g/mol. The van der Waals surface area contributed by atoms with E-state index >= 15 is 0 Å². The van der Waals surface area contributed by atoms with E-state index in [1.54, 1.807) is 6.21 Å². The molecule has 0 aliphatic rings. The summed E-state index contributed by atoms with van der Waals surface area (Å²) in [6, 6.07) is 17.8. The quantitative estimate of drug-likeness (QED) is 0.354. The highest BCUT2D eigenvalue weighted by Crippen LogP contribution is 2.08. The van der Waals surface area contributed by atoms with Crippen LogP contribution in [-0.4, -0.2) is 26.1 Å². The molecule has 3 nitrogen and oxygen atoms in total. The highest BCUT2D eigenvalue weighted by molar-refractivity contribution is 6.52. The summed E-state index contributed by atoms with van der Waals surface area (Å²) in [5.41, 5.74) is 2.78. The van der Waals surface area contributed by atoms with E-state index in [4.69, 9.17) is 0 Å². The summed E-state index contributed by atoms with van der Waals surface area (Å²) in [4.78, 5) is 11.0. The summed E-state index contributed by atoms with van der Waals surface area (Å²) >= 11 is 0. The third-order valence-electron chi connectivity index (χ3n) is 3.25. The molecule has 0 aromatic heterocycles. The van der Waals surface area contributed by atoms with E-state index in [0.29, 0.717) is 5.56 Å². The zero-order valence-corrected chi connectivity index (χ0v) is 13.6. The molecule has 0 aliphatic carbocycles. The van der Waals surface area contributed by atoms with Crippen LogP contribution in [0.4, 0.5) is 0 Å². The lowest BCUT2D eigenvalue weighted by Crippen LogP contribution is -2.29. The minimum Gasteiger partial charge on any atom is -0.324 e. The topological polar surface area (TPSA) is 32.7 Å². The Hall–Kier alpha value is -2.20. The molecule has 0 fully saturated rings. The third kappa shape index (κ3) is 4.39. The van der Waals surface area contributed by atoms with Gasteiger partial charge in [-0.25, -0.2) is 0 Å². The van der Waals surface area contributed by atoms with E-state index in [-0.39, 0.29) is 0 Å². The molecule has 108 valence electrons. The molecule has 0 saturated carbocycles. The number of hydrogen-bond donors (Lipinski definition) is 0. The van der Waals surface area contributed by atoms with Crippen LogP contribution < -0.4 is 0 Å². The fourth-order valence-electron chi connectivity index (χ4n) is 2.00. The summed E-state index contributed by atoms with van der Waals surface area (Å²) in [6.45, 7) is 5.29. The largest absolute Gasteiger partial charge is 0.324 e. The Balaban J connectivity index is 2.16. The first-order chi connectivity index (χ1) is 10.2. The van der Waals surface area contributed by atoms with Crippen LogP contribution in [-0.2, 0) is 6.54 Å². The van der Waals surface area contributed by atoms with E-state index in [0.717, 1.165) is 18.4 Å². The molecule has 0 N–H and O–H groups in total. The van der Waals surface area contributed by atoms with Crippen molar-refractivity contribution in [2.75, 3.05) is 0 Å². The zero-order chi connectivity index (χ0) is 15.1. The molecule has 0 atom stereocenters. The highest BCUT2D eigenvalue weighted by Gasteiger charge is 2.08. The molecule has 0 amide bonds. The standard InChI is InChI=1S/C17H20N2OSi/c1-21(2)19(13-15-8-4-3-5-9-15)18-12-16-10-6-7-11-17(16)14-20/h3-12,14,21H,13H2,1-2H3. The summed E-state index contributed by atoms with van der Waals surface area (Å²) in [6.07, 6.45) is 2.66. The first kappa shape index (κ1) is 15.2. The average molecular weight is 296 g/mol. The Morgan fingerprint density at radius 2 is 1.62 bits per heavy atom. The van der Waals surface area contributed by atoms with Crippen LogP contribution >= 0.6 is 0 Å². The van der Waals surface area contributed by atoms with Crippen molar-refractivity contribution >= 4 is 21.5 Å². The lowest BCUT2D eigenvalue weighted by Gasteiger charge is -2.22. The summed E-state index contributed by atoms with van der Waals surface area (Å²) in [5, 5.41) is 4.61. The van der Waals surface area contributed by atoms with Gasteiger partial charge in [0.25, 0.3) is 0 Å². The summed E-state index contributed by atoms with van der Waals surface area (Å²) in [7, 11) is -1.07. The monoisotopic (exact) mass is 296 g/mol. The van der Waals surface area contributed by atoms with Gasteiger partial charge in [0.05, 0.1) is 12.8 Å². The van der Waals surface area contributed by atoms with Gasteiger partial charge in [-0.15, -0.1) is 0 Å². The Morgan fingerprint density at radius 3 is 2.24 bits per heavy atom. The summed E-state index contributed by atoms with van der Waals surface area (Å²) in [5.74, 6) is 0. The number of nitrogens with zero attached hydrogens (tertiary/aromatic N) is 2. The van der Waals surface area contributed by atoms with Gasteiger partial charge in [-0.3, -0.25) is 4.79 Å². The second-order valence-corrected chi connectivity index (χ2v) is 7.95. The fourth-order valence-corrected chi connectivity index (χ4v) is 2.91. The SMILES string of the molecule is C[SiH](C)N(Cc1ccccc1)N=Cc1ccccc1C=O. The molecule has 0 aliphatic heterocycles. The van der Waals surface area contributed by atoms with Crippen LogP contribution in [0.1, 0.15) is 21.5 Å². The Morgan fingerprint density at radius 1 is 1.00 bits per heavy atom. The van der Waals surface area contributed by atoms with Gasteiger partial charge >= 0.3 is 0 Å². The maximum atomic E-state index is 11.0. The second kappa shape index (κ2) is 7.55. The molecule has 0 heterocycles. The number of carbonyl (C=O) groups is 1. The Bertz CT molecular complexity index is 611. The van der Waals surface area contributed by atoms with Crippen molar-refractivity contribution in [3.8, 4) is 0 Å². The molecule has 0 saturated heterocycles. The normalized spacial score (nSPS) is 11.0. The van der Waals surface area contributed by atoms with E-state index in [9.17, 15) is 4.79 Å². The molecule has 2 aromatic rings. The van der Waals surface area contributed by atoms with Crippen LogP contribution in [0.25, 0.3) is 0 Å². The van der Waals surface area contributed by atoms with E-state index in [1.807, 2.05) is 42.5 Å². The van der Waals surface area contributed by atoms with Gasteiger partial charge in [-0.1, -0.05) is 67.7 Å². The predicted octanol–water partition coefficient (Wildman–Crippen LogP) is 3.32. The van der Waals surface area contributed by atoms with Gasteiger partial charge in [0.1, 0.15) is 0 Å². The highest BCUT2D eigenvalue weighted by atomic mass is 28.3. The number of rotatable bonds is 6. The maximum Gasteiger partial charge on any atom is 0.157 e. The maximum absolute atomic E-state index is 11.0. The number of carbonyl (C=O) groups excluding carboxylic acids is 1. The first-order valence-corrected chi connectivity index (χ1v) is 9.92. The second-order valence-electron chi connectivity index (χ2n) is 5.17. The molecule has 2 aromatic carbocycles. The van der Waals surface area contributed by atoms with Crippen LogP contribution in [0.2, 0.25) is 13.1 Å². The van der Waals surface area contributed by atoms with Gasteiger partial charge < -0.3 is 4.67 Å². The average Bonchev–Trinajstić information content (AvgIpc) is 2.52. The Kier molecular flexibility index (Phi) is 5.46. The van der Waals surface area contributed by atoms with Crippen molar-refractivity contribution < 1.29 is 4.79 Å². The molecule has 21 heavy (non-hydrogen) atoms. The molecule has 4 heteroatoms. The van der Waals surface area contributed by atoms with Crippen molar-refractivity contribution in [2.45, 2.75) is 19.6 Å². The minimum atomic E-state index is -1.07. The van der Waals surface area contributed by atoms with Crippen molar-refractivity contribution in [3.05, 3.63) is 71.3 Å². The van der Waals surface area contributed by atoms with Crippen molar-refractivity contribution in [1.82, 2.24) is 4.67 Å². The summed E-state index contributed by atoms with van der Waals surface area (Å²) < 4.78 is 2.15. The lowest BCUT2D eigenvalue weighted by atomic mass is 10.1. The minimum absolute atomic E-state index is 0.673. The number of benzene rings is 2. The van der Waals surface area contributed by atoms with Crippen LogP contribution in [0.5, 0.6) is 0 Å². The zero-order valence-electron chi connectivity index (χ0n) is 12.4. The van der Waals surface area contributed by atoms with Gasteiger partial charge in [0.15, 0.2) is 15.2 Å². The van der Waals surface area contributed by atoms with Gasteiger partial charge in [-0.2, -0.15) is 5.10 Å². The molecule has 0 spiro atoms. The number of hydrazone groups is 1. The molecule has 0 bridgehead atoms. The third-order valence-corrected chi connectivity index (χ3v) is 4.76. The number of aldehydes is 1. The molecular formula is C17H20N2OSi. The van der Waals surface area contributed by atoms with E-state index in [2.05, 4.69) is 35.0 Å². The fraction of sp³-hybridized carbons (Fsp3) is 0.176. The van der Waals surface area contributed by atoms with Crippen LogP contribution in [0.15, 0.2) is 59.7 Å². The lowest BCUT2D eigenvalue weighted by molar-refractivity contribution is 0.112. The Labute approximate surface area is 127 Å². The van der Waals surface area contributed by atoms with E-state index < -0.39 is 8.96 Å². The van der Waals surface area contributed by atoms with Crippen molar-refractivity contribution in [3.63, 3.8) is 0 Å². The van der Waals surface area contributed by atoms with Crippen LogP contribution in [0.3, 0.4) is 0 Å². The van der Waals surface area contributed by atoms with Gasteiger partial charge in [0, 0.05) is 11.1 Å². The molecule has 2 rings (SSSR count). The first-order valence-electron chi connectivity index (χ1n) is 7.09. The van der Waals surface area contributed by atoms with Gasteiger partial charge in [0.2, 0.25) is 0 Å². The van der Waals surface area contributed by atoms with E-state index in [1.165, 1.54) is 5.56 Å². The van der Waals surface area contributed by atoms with Gasteiger partial charge in [-0.05, 0) is 5.56 Å². The number of hydrogen-bond acceptors (Lipinski definition) is 3. The molecule has 0 radical (unpaired) electrons. The van der Waals surface area contributed by atoms with Crippen molar-refractivity contribution in [2.24, 2.45) is 5.10 Å². The predicted molar refractivity (Wildman–Crippen MR) is 90.3 cm³/mol. The smallest absolute Gasteiger partial charge is 0.157 e. The van der Waals surface area contributed by atoms with Crippen LogP contribution in [0, 0.1) is 0 Å². The molecule has 0 unspecified atom stereocenters.